The Morgan fingerprint density at radius 3 is 2.89 bits per heavy atom. The lowest BCUT2D eigenvalue weighted by molar-refractivity contribution is 0.275. The van der Waals surface area contributed by atoms with Gasteiger partial charge in [0, 0.05) is 11.6 Å². The molecule has 108 valence electrons. The van der Waals surface area contributed by atoms with Crippen LogP contribution in [0.2, 0.25) is 0 Å². The minimum Gasteiger partial charge on any atom is -0.305 e. The number of thiazole rings is 1. The smallest absolute Gasteiger partial charge is 0.113 e. The minimum atomic E-state index is 0.161. The van der Waals surface area contributed by atoms with Crippen LogP contribution in [0.5, 0.6) is 0 Å². The summed E-state index contributed by atoms with van der Waals surface area (Å²) in [6.45, 7) is 8.10. The van der Waals surface area contributed by atoms with Crippen molar-refractivity contribution in [2.45, 2.75) is 64.8 Å². The maximum Gasteiger partial charge on any atom is 0.113 e. The Hall–Kier alpha value is -0.410. The molecule has 1 fully saturated rings. The van der Waals surface area contributed by atoms with E-state index in [1.54, 1.807) is 0 Å². The van der Waals surface area contributed by atoms with Gasteiger partial charge in [-0.1, -0.05) is 33.6 Å². The number of aromatic nitrogens is 1. The lowest BCUT2D eigenvalue weighted by Gasteiger charge is -2.32. The number of nitrogens with one attached hydrogen (secondary N) is 1. The molecule has 19 heavy (non-hydrogen) atoms. The van der Waals surface area contributed by atoms with Crippen LogP contribution < -0.4 is 5.32 Å². The van der Waals surface area contributed by atoms with Gasteiger partial charge in [-0.05, 0) is 44.1 Å². The summed E-state index contributed by atoms with van der Waals surface area (Å²) in [5.41, 5.74) is 0.161. The van der Waals surface area contributed by atoms with Crippen molar-refractivity contribution in [3.05, 3.63) is 16.6 Å². The summed E-state index contributed by atoms with van der Waals surface area (Å²) in [6, 6.07) is 0. The lowest BCUT2D eigenvalue weighted by atomic mass is 9.86. The van der Waals surface area contributed by atoms with Gasteiger partial charge in [-0.2, -0.15) is 0 Å². The van der Waals surface area contributed by atoms with Crippen LogP contribution in [0.4, 0.5) is 0 Å². The van der Waals surface area contributed by atoms with Gasteiger partial charge >= 0.3 is 0 Å². The standard InChI is InChI=1S/C16H28N2S/c1-4-10-18-16(15-17-11-12-19-15)8-5-6-14(7-9-16)13(2)3/h11-14,18H,4-10H2,1-3H3. The normalized spacial score (nSPS) is 28.5. The lowest BCUT2D eigenvalue weighted by Crippen LogP contribution is -2.42. The van der Waals surface area contributed by atoms with E-state index in [0.29, 0.717) is 0 Å². The van der Waals surface area contributed by atoms with Gasteiger partial charge in [0.1, 0.15) is 5.01 Å². The third-order valence-corrected chi connectivity index (χ3v) is 5.60. The van der Waals surface area contributed by atoms with Gasteiger partial charge in [0.15, 0.2) is 0 Å². The summed E-state index contributed by atoms with van der Waals surface area (Å²) in [7, 11) is 0. The quantitative estimate of drug-likeness (QED) is 0.799. The number of hydrogen-bond acceptors (Lipinski definition) is 3. The molecule has 0 saturated heterocycles. The van der Waals surface area contributed by atoms with Crippen LogP contribution in [0.15, 0.2) is 11.6 Å². The zero-order chi connectivity index (χ0) is 13.7. The van der Waals surface area contributed by atoms with Gasteiger partial charge in [0.2, 0.25) is 0 Å². The van der Waals surface area contributed by atoms with Crippen molar-refractivity contribution >= 4 is 11.3 Å². The molecular weight excluding hydrogens is 252 g/mol. The number of rotatable bonds is 5. The predicted molar refractivity (Wildman–Crippen MR) is 83.5 cm³/mol. The van der Waals surface area contributed by atoms with Crippen molar-refractivity contribution in [2.75, 3.05) is 6.54 Å². The summed E-state index contributed by atoms with van der Waals surface area (Å²) >= 11 is 1.82. The van der Waals surface area contributed by atoms with Crippen molar-refractivity contribution in [3.8, 4) is 0 Å². The van der Waals surface area contributed by atoms with Gasteiger partial charge < -0.3 is 5.32 Å². The van der Waals surface area contributed by atoms with E-state index in [1.165, 1.54) is 43.5 Å². The van der Waals surface area contributed by atoms with Crippen LogP contribution in [0.25, 0.3) is 0 Å². The van der Waals surface area contributed by atoms with Gasteiger partial charge in [0.25, 0.3) is 0 Å². The fraction of sp³-hybridized carbons (Fsp3) is 0.812. The van der Waals surface area contributed by atoms with Crippen molar-refractivity contribution < 1.29 is 0 Å². The number of hydrogen-bond donors (Lipinski definition) is 1. The van der Waals surface area contributed by atoms with E-state index in [-0.39, 0.29) is 5.54 Å². The average Bonchev–Trinajstić information content (AvgIpc) is 2.84. The zero-order valence-corrected chi connectivity index (χ0v) is 13.4. The second-order valence-electron chi connectivity index (χ2n) is 6.28. The topological polar surface area (TPSA) is 24.9 Å². The SMILES string of the molecule is CCCNC1(c2nccs2)CCCC(C(C)C)CC1. The molecule has 0 bridgehead atoms. The Balaban J connectivity index is 2.14. The maximum absolute atomic E-state index is 4.63. The molecule has 2 nitrogen and oxygen atoms in total. The Bertz CT molecular complexity index is 361. The zero-order valence-electron chi connectivity index (χ0n) is 12.6. The first-order valence-corrected chi connectivity index (χ1v) is 8.71. The molecule has 1 N–H and O–H groups in total. The van der Waals surface area contributed by atoms with E-state index in [0.717, 1.165) is 18.4 Å². The van der Waals surface area contributed by atoms with Crippen molar-refractivity contribution in [1.29, 1.82) is 0 Å². The van der Waals surface area contributed by atoms with E-state index in [1.807, 2.05) is 17.5 Å². The van der Waals surface area contributed by atoms with E-state index in [2.05, 4.69) is 36.5 Å². The molecule has 1 aliphatic carbocycles. The van der Waals surface area contributed by atoms with Crippen LogP contribution >= 0.6 is 11.3 Å². The summed E-state index contributed by atoms with van der Waals surface area (Å²) < 4.78 is 0. The Labute approximate surface area is 122 Å². The molecule has 2 atom stereocenters. The largest absolute Gasteiger partial charge is 0.305 e. The molecular formula is C16H28N2S. The Morgan fingerprint density at radius 1 is 1.42 bits per heavy atom. The molecule has 3 heteroatoms. The number of nitrogens with zero attached hydrogens (tertiary/aromatic N) is 1. The first-order chi connectivity index (χ1) is 9.18. The highest BCUT2D eigenvalue weighted by molar-refractivity contribution is 7.09. The Kier molecular flexibility index (Phi) is 5.40. The molecule has 1 aromatic rings. The van der Waals surface area contributed by atoms with Gasteiger partial charge in [-0.25, -0.2) is 4.98 Å². The van der Waals surface area contributed by atoms with Gasteiger partial charge in [0.05, 0.1) is 5.54 Å². The van der Waals surface area contributed by atoms with E-state index in [4.69, 9.17) is 0 Å². The van der Waals surface area contributed by atoms with Crippen LogP contribution in [-0.4, -0.2) is 11.5 Å². The fourth-order valence-electron chi connectivity index (χ4n) is 3.32. The maximum atomic E-state index is 4.63. The summed E-state index contributed by atoms with van der Waals surface area (Å²) in [4.78, 5) is 4.63. The third-order valence-electron chi connectivity index (χ3n) is 4.62. The molecule has 1 aliphatic rings. The molecule has 0 spiro atoms. The van der Waals surface area contributed by atoms with Crippen molar-refractivity contribution in [3.63, 3.8) is 0 Å². The van der Waals surface area contributed by atoms with Crippen LogP contribution in [0.1, 0.15) is 64.3 Å². The first kappa shape index (κ1) is 15.0. The summed E-state index contributed by atoms with van der Waals surface area (Å²) in [6.07, 6.45) is 9.72. The minimum absolute atomic E-state index is 0.161. The molecule has 1 heterocycles. The van der Waals surface area contributed by atoms with Crippen LogP contribution in [0, 0.1) is 11.8 Å². The molecule has 0 aromatic carbocycles. The molecule has 0 aliphatic heterocycles. The summed E-state index contributed by atoms with van der Waals surface area (Å²) in [5.74, 6) is 1.71. The highest BCUT2D eigenvalue weighted by Crippen LogP contribution is 2.40. The molecule has 2 rings (SSSR count). The van der Waals surface area contributed by atoms with Crippen molar-refractivity contribution in [1.82, 2.24) is 10.3 Å². The predicted octanol–water partition coefficient (Wildman–Crippen LogP) is 4.57. The first-order valence-electron chi connectivity index (χ1n) is 7.83. The highest BCUT2D eigenvalue weighted by atomic mass is 32.1. The van der Waals surface area contributed by atoms with Gasteiger partial charge in [-0.15, -0.1) is 11.3 Å². The van der Waals surface area contributed by atoms with Crippen LogP contribution in [-0.2, 0) is 5.54 Å². The monoisotopic (exact) mass is 280 g/mol. The summed E-state index contributed by atoms with van der Waals surface area (Å²) in [5, 5.41) is 7.27. The fourth-order valence-corrected chi connectivity index (χ4v) is 4.20. The second-order valence-corrected chi connectivity index (χ2v) is 7.18. The third kappa shape index (κ3) is 3.57. The molecule has 1 aromatic heterocycles. The Morgan fingerprint density at radius 2 is 2.26 bits per heavy atom. The highest BCUT2D eigenvalue weighted by Gasteiger charge is 2.36. The van der Waals surface area contributed by atoms with Gasteiger partial charge in [-0.3, -0.25) is 0 Å². The van der Waals surface area contributed by atoms with Crippen molar-refractivity contribution in [2.24, 2.45) is 11.8 Å². The van der Waals surface area contributed by atoms with E-state index >= 15 is 0 Å². The molecule has 1 saturated carbocycles. The molecule has 0 amide bonds. The molecule has 2 unspecified atom stereocenters. The van der Waals surface area contributed by atoms with Crippen LogP contribution in [0.3, 0.4) is 0 Å². The second kappa shape index (κ2) is 6.85. The molecule has 0 radical (unpaired) electrons. The van der Waals surface area contributed by atoms with E-state index in [9.17, 15) is 0 Å². The van der Waals surface area contributed by atoms with E-state index < -0.39 is 0 Å². The average molecular weight is 280 g/mol.